The van der Waals surface area contributed by atoms with Gasteiger partial charge in [0.2, 0.25) is 0 Å². The second kappa shape index (κ2) is 7.90. The second-order valence-corrected chi connectivity index (χ2v) is 5.64. The lowest BCUT2D eigenvalue weighted by Gasteiger charge is -2.12. The van der Waals surface area contributed by atoms with E-state index in [0.29, 0.717) is 25.7 Å². The van der Waals surface area contributed by atoms with Gasteiger partial charge in [-0.25, -0.2) is 9.97 Å². The molecule has 0 saturated heterocycles. The van der Waals surface area contributed by atoms with Crippen molar-refractivity contribution in [3.63, 3.8) is 0 Å². The number of anilines is 1. The zero-order valence-electron chi connectivity index (χ0n) is 12.1. The van der Waals surface area contributed by atoms with Gasteiger partial charge in [0.05, 0.1) is 30.0 Å². The van der Waals surface area contributed by atoms with Gasteiger partial charge in [0.15, 0.2) is 0 Å². The Bertz CT molecular complexity index is 439. The summed E-state index contributed by atoms with van der Waals surface area (Å²) in [5, 5.41) is 3.29. The van der Waals surface area contributed by atoms with Crippen molar-refractivity contribution in [3.8, 4) is 0 Å². The number of hydrogen-bond acceptors (Lipinski definition) is 5. The predicted molar refractivity (Wildman–Crippen MR) is 82.3 cm³/mol. The van der Waals surface area contributed by atoms with Crippen molar-refractivity contribution in [1.82, 2.24) is 9.97 Å². The van der Waals surface area contributed by atoms with E-state index in [1.54, 1.807) is 7.11 Å². The molecule has 1 aliphatic rings. The number of hydrogen-bond donors (Lipinski definition) is 1. The number of nitrogens with one attached hydrogen (secondary N) is 1. The fraction of sp³-hybridized carbons (Fsp3) is 0.714. The van der Waals surface area contributed by atoms with Gasteiger partial charge in [-0.15, -0.1) is 0 Å². The first-order valence-corrected chi connectivity index (χ1v) is 7.92. The molecule has 0 radical (unpaired) electrons. The van der Waals surface area contributed by atoms with E-state index in [-0.39, 0.29) is 0 Å². The lowest BCUT2D eigenvalue weighted by Crippen LogP contribution is -2.11. The van der Waals surface area contributed by atoms with Gasteiger partial charge >= 0.3 is 0 Å². The van der Waals surface area contributed by atoms with Gasteiger partial charge in [-0.2, -0.15) is 0 Å². The third-order valence-corrected chi connectivity index (χ3v) is 3.92. The molecule has 6 heteroatoms. The molecule has 1 saturated carbocycles. The molecule has 0 spiro atoms. The standard InChI is InChI=1S/C14H22BrN3O2/c1-3-16-14-12(15)13(10-4-5-10)17-11(18-14)6-7-20-9-8-19-2/h10H,3-9H2,1-2H3,(H,16,17,18). The molecule has 1 aromatic rings. The number of methoxy groups -OCH3 is 1. The minimum atomic E-state index is 0.595. The fourth-order valence-electron chi connectivity index (χ4n) is 1.94. The highest BCUT2D eigenvalue weighted by Gasteiger charge is 2.29. The average molecular weight is 344 g/mol. The Balaban J connectivity index is 2.00. The highest BCUT2D eigenvalue weighted by atomic mass is 79.9. The lowest BCUT2D eigenvalue weighted by atomic mass is 10.2. The van der Waals surface area contributed by atoms with E-state index in [9.17, 15) is 0 Å². The molecule has 2 rings (SSSR count). The van der Waals surface area contributed by atoms with Gasteiger partial charge < -0.3 is 14.8 Å². The molecule has 1 aromatic heterocycles. The minimum absolute atomic E-state index is 0.595. The van der Waals surface area contributed by atoms with Gasteiger partial charge in [0.25, 0.3) is 0 Å². The Morgan fingerprint density at radius 3 is 2.70 bits per heavy atom. The first-order valence-electron chi connectivity index (χ1n) is 7.13. The summed E-state index contributed by atoms with van der Waals surface area (Å²) in [5.41, 5.74) is 1.14. The van der Waals surface area contributed by atoms with Crippen LogP contribution in [0.4, 0.5) is 5.82 Å². The molecule has 0 bridgehead atoms. The number of ether oxygens (including phenoxy) is 2. The van der Waals surface area contributed by atoms with Crippen LogP contribution in [0.25, 0.3) is 0 Å². The van der Waals surface area contributed by atoms with E-state index in [1.165, 1.54) is 12.8 Å². The first-order chi connectivity index (χ1) is 9.76. The van der Waals surface area contributed by atoms with Crippen LogP contribution in [0.5, 0.6) is 0 Å². The SMILES string of the molecule is CCNc1nc(CCOCCOC)nc(C2CC2)c1Br. The molecule has 0 aliphatic heterocycles. The van der Waals surface area contributed by atoms with Gasteiger partial charge in [-0.05, 0) is 35.7 Å². The van der Waals surface area contributed by atoms with E-state index < -0.39 is 0 Å². The normalized spacial score (nSPS) is 14.6. The molecular formula is C14H22BrN3O2. The molecule has 20 heavy (non-hydrogen) atoms. The molecule has 5 nitrogen and oxygen atoms in total. The van der Waals surface area contributed by atoms with E-state index in [1.807, 2.05) is 0 Å². The summed E-state index contributed by atoms with van der Waals surface area (Å²) in [6.45, 7) is 4.78. The molecule has 0 amide bonds. The maximum atomic E-state index is 5.49. The molecule has 1 N–H and O–H groups in total. The molecule has 0 atom stereocenters. The summed E-state index contributed by atoms with van der Waals surface area (Å²) in [4.78, 5) is 9.26. The van der Waals surface area contributed by atoms with Crippen LogP contribution in [0.1, 0.15) is 37.2 Å². The van der Waals surface area contributed by atoms with Crippen LogP contribution in [0.3, 0.4) is 0 Å². The van der Waals surface area contributed by atoms with Crippen molar-refractivity contribution in [2.24, 2.45) is 0 Å². The quantitative estimate of drug-likeness (QED) is 0.698. The highest BCUT2D eigenvalue weighted by Crippen LogP contribution is 2.43. The van der Waals surface area contributed by atoms with Crippen LogP contribution >= 0.6 is 15.9 Å². The Kier molecular flexibility index (Phi) is 6.19. The van der Waals surface area contributed by atoms with Crippen LogP contribution in [0.2, 0.25) is 0 Å². The Morgan fingerprint density at radius 1 is 1.25 bits per heavy atom. The largest absolute Gasteiger partial charge is 0.382 e. The Morgan fingerprint density at radius 2 is 2.05 bits per heavy atom. The van der Waals surface area contributed by atoms with Crippen LogP contribution in [-0.4, -0.2) is 43.4 Å². The molecule has 112 valence electrons. The summed E-state index contributed by atoms with van der Waals surface area (Å²) in [7, 11) is 1.67. The summed E-state index contributed by atoms with van der Waals surface area (Å²) in [5.74, 6) is 2.35. The first kappa shape index (κ1) is 15.7. The van der Waals surface area contributed by atoms with Crippen molar-refractivity contribution in [2.75, 3.05) is 38.8 Å². The average Bonchev–Trinajstić information content (AvgIpc) is 3.26. The predicted octanol–water partition coefficient (Wildman–Crippen LogP) is 2.75. The summed E-state index contributed by atoms with van der Waals surface area (Å²) in [6.07, 6.45) is 3.19. The van der Waals surface area contributed by atoms with Crippen LogP contribution < -0.4 is 5.32 Å². The van der Waals surface area contributed by atoms with Crippen molar-refractivity contribution in [3.05, 3.63) is 16.0 Å². The van der Waals surface area contributed by atoms with Gasteiger partial charge in [-0.1, -0.05) is 0 Å². The Labute approximate surface area is 128 Å². The molecule has 1 heterocycles. The lowest BCUT2D eigenvalue weighted by molar-refractivity contribution is 0.0716. The Hall–Kier alpha value is -0.720. The maximum Gasteiger partial charge on any atom is 0.144 e. The summed E-state index contributed by atoms with van der Waals surface area (Å²) in [6, 6.07) is 0. The van der Waals surface area contributed by atoms with Crippen LogP contribution in [0, 0.1) is 0 Å². The van der Waals surface area contributed by atoms with Crippen LogP contribution in [-0.2, 0) is 15.9 Å². The van der Waals surface area contributed by atoms with E-state index in [2.05, 4.69) is 38.1 Å². The van der Waals surface area contributed by atoms with Gasteiger partial charge in [0, 0.05) is 26.0 Å². The summed E-state index contributed by atoms with van der Waals surface area (Å²) >= 11 is 3.62. The second-order valence-electron chi connectivity index (χ2n) is 4.85. The van der Waals surface area contributed by atoms with Gasteiger partial charge in [-0.3, -0.25) is 0 Å². The van der Waals surface area contributed by atoms with E-state index in [4.69, 9.17) is 9.47 Å². The van der Waals surface area contributed by atoms with E-state index in [0.717, 1.165) is 34.8 Å². The highest BCUT2D eigenvalue weighted by molar-refractivity contribution is 9.10. The third kappa shape index (κ3) is 4.40. The third-order valence-electron chi connectivity index (χ3n) is 3.13. The zero-order valence-corrected chi connectivity index (χ0v) is 13.7. The molecule has 1 fully saturated rings. The number of rotatable bonds is 9. The molecule has 1 aliphatic carbocycles. The van der Waals surface area contributed by atoms with Crippen molar-refractivity contribution < 1.29 is 9.47 Å². The zero-order chi connectivity index (χ0) is 14.4. The van der Waals surface area contributed by atoms with Crippen molar-refractivity contribution in [2.45, 2.75) is 32.1 Å². The smallest absolute Gasteiger partial charge is 0.144 e. The maximum absolute atomic E-state index is 5.49. The minimum Gasteiger partial charge on any atom is -0.382 e. The topological polar surface area (TPSA) is 56.3 Å². The van der Waals surface area contributed by atoms with E-state index >= 15 is 0 Å². The monoisotopic (exact) mass is 343 g/mol. The van der Waals surface area contributed by atoms with Crippen LogP contribution in [0.15, 0.2) is 4.47 Å². The molecule has 0 aromatic carbocycles. The summed E-state index contributed by atoms with van der Waals surface area (Å²) < 4.78 is 11.5. The van der Waals surface area contributed by atoms with Crippen molar-refractivity contribution >= 4 is 21.7 Å². The van der Waals surface area contributed by atoms with Crippen molar-refractivity contribution in [1.29, 1.82) is 0 Å². The fourth-order valence-corrected chi connectivity index (χ4v) is 2.59. The number of aromatic nitrogens is 2. The molecular weight excluding hydrogens is 322 g/mol. The number of halogens is 1. The van der Waals surface area contributed by atoms with Gasteiger partial charge in [0.1, 0.15) is 11.6 Å². The molecule has 0 unspecified atom stereocenters. The number of nitrogens with zero attached hydrogens (tertiary/aromatic N) is 2.